The largest absolute Gasteiger partial charge is 0.433 e. The van der Waals surface area contributed by atoms with Crippen LogP contribution in [0.2, 0.25) is 0 Å². The quantitative estimate of drug-likeness (QED) is 0.575. The van der Waals surface area contributed by atoms with Crippen molar-refractivity contribution in [2.24, 2.45) is 0 Å². The van der Waals surface area contributed by atoms with Gasteiger partial charge in [-0.05, 0) is 42.3 Å². The van der Waals surface area contributed by atoms with E-state index in [1.807, 2.05) is 36.0 Å². The van der Waals surface area contributed by atoms with Crippen LogP contribution in [0.25, 0.3) is 10.2 Å². The molecule has 0 radical (unpaired) electrons. The van der Waals surface area contributed by atoms with E-state index in [9.17, 15) is 18.0 Å². The summed E-state index contributed by atoms with van der Waals surface area (Å²) in [5.41, 5.74) is 1.47. The van der Waals surface area contributed by atoms with E-state index in [4.69, 9.17) is 0 Å². The molecule has 1 aliphatic rings. The Morgan fingerprint density at radius 1 is 1.20 bits per heavy atom. The van der Waals surface area contributed by atoms with Crippen molar-refractivity contribution in [3.8, 4) is 0 Å². The first-order valence-corrected chi connectivity index (χ1v) is 11.5. The molecule has 0 aliphatic carbocycles. The predicted molar refractivity (Wildman–Crippen MR) is 116 cm³/mol. The number of rotatable bonds is 4. The number of alkyl halides is 3. The van der Waals surface area contributed by atoms with Gasteiger partial charge in [-0.2, -0.15) is 24.9 Å². The average molecular weight is 452 g/mol. The third-order valence-corrected chi connectivity index (χ3v) is 7.14. The summed E-state index contributed by atoms with van der Waals surface area (Å²) >= 11 is 2.94. The number of fused-ring (bicyclic) bond motifs is 1. The van der Waals surface area contributed by atoms with Gasteiger partial charge in [0.1, 0.15) is 10.5 Å². The predicted octanol–water partition coefficient (Wildman–Crippen LogP) is 5.42. The van der Waals surface area contributed by atoms with Crippen molar-refractivity contribution in [1.82, 2.24) is 9.88 Å². The number of thioether (sulfide) groups is 1. The van der Waals surface area contributed by atoms with Crippen LogP contribution in [0.5, 0.6) is 0 Å². The van der Waals surface area contributed by atoms with Gasteiger partial charge in [-0.25, -0.2) is 4.98 Å². The molecule has 4 nitrogen and oxygen atoms in total. The van der Waals surface area contributed by atoms with Crippen LogP contribution in [-0.4, -0.2) is 40.4 Å². The van der Waals surface area contributed by atoms with E-state index < -0.39 is 11.9 Å². The van der Waals surface area contributed by atoms with Crippen molar-refractivity contribution in [3.63, 3.8) is 0 Å². The first-order valence-electron chi connectivity index (χ1n) is 9.49. The van der Waals surface area contributed by atoms with Crippen molar-refractivity contribution < 1.29 is 18.0 Å². The summed E-state index contributed by atoms with van der Waals surface area (Å²) in [7, 11) is 0. The highest BCUT2D eigenvalue weighted by molar-refractivity contribution is 7.99. The van der Waals surface area contributed by atoms with Crippen LogP contribution in [-0.2, 0) is 12.7 Å². The molecule has 4 rings (SSSR count). The van der Waals surface area contributed by atoms with Gasteiger partial charge in [0.25, 0.3) is 5.91 Å². The Bertz CT molecular complexity index is 1080. The van der Waals surface area contributed by atoms with E-state index in [0.717, 1.165) is 54.1 Å². The Morgan fingerprint density at radius 2 is 1.97 bits per heavy atom. The van der Waals surface area contributed by atoms with Gasteiger partial charge in [0, 0.05) is 42.2 Å². The van der Waals surface area contributed by atoms with Gasteiger partial charge >= 0.3 is 6.18 Å². The second-order valence-electron chi connectivity index (χ2n) is 7.15. The van der Waals surface area contributed by atoms with Crippen molar-refractivity contribution in [3.05, 3.63) is 58.1 Å². The number of halogens is 3. The number of aromatic nitrogens is 1. The minimum Gasteiger partial charge on any atom is -0.321 e. The number of carbonyl (C=O) groups excluding carboxylic acids is 1. The first kappa shape index (κ1) is 21.1. The SMILES string of the molecule is Cc1c(C(=O)Nc2cccc(CN3CCSCC3)c2)sc2nc(C(F)(F)F)ccc12. The molecule has 1 amide bonds. The number of aryl methyl sites for hydroxylation is 1. The van der Waals surface area contributed by atoms with E-state index in [0.29, 0.717) is 21.5 Å². The highest BCUT2D eigenvalue weighted by Crippen LogP contribution is 2.34. The third kappa shape index (κ3) is 4.63. The maximum atomic E-state index is 12.9. The van der Waals surface area contributed by atoms with Gasteiger partial charge in [0.05, 0.1) is 4.88 Å². The second kappa shape index (κ2) is 8.56. The van der Waals surface area contributed by atoms with Crippen molar-refractivity contribution >= 4 is 44.9 Å². The molecule has 1 aliphatic heterocycles. The number of hydrogen-bond donors (Lipinski definition) is 1. The van der Waals surface area contributed by atoms with Crippen molar-refractivity contribution in [2.45, 2.75) is 19.6 Å². The van der Waals surface area contributed by atoms with Gasteiger partial charge in [-0.3, -0.25) is 9.69 Å². The molecule has 0 atom stereocenters. The number of anilines is 1. The van der Waals surface area contributed by atoms with Gasteiger partial charge in [0.15, 0.2) is 0 Å². The fourth-order valence-electron chi connectivity index (χ4n) is 3.43. The molecule has 3 aromatic rings. The average Bonchev–Trinajstić information content (AvgIpc) is 3.05. The lowest BCUT2D eigenvalue weighted by molar-refractivity contribution is -0.140. The summed E-state index contributed by atoms with van der Waals surface area (Å²) in [5, 5.41) is 3.45. The smallest absolute Gasteiger partial charge is 0.321 e. The summed E-state index contributed by atoms with van der Waals surface area (Å²) in [4.78, 5) is 19.5. The lowest BCUT2D eigenvalue weighted by Crippen LogP contribution is -2.31. The summed E-state index contributed by atoms with van der Waals surface area (Å²) in [5.74, 6) is 1.92. The lowest BCUT2D eigenvalue weighted by Gasteiger charge is -2.26. The highest BCUT2D eigenvalue weighted by Gasteiger charge is 2.33. The molecule has 0 unspecified atom stereocenters. The molecule has 30 heavy (non-hydrogen) atoms. The molecule has 1 N–H and O–H groups in total. The zero-order chi connectivity index (χ0) is 21.3. The van der Waals surface area contributed by atoms with E-state index in [-0.39, 0.29) is 10.7 Å². The fraction of sp³-hybridized carbons (Fsp3) is 0.333. The van der Waals surface area contributed by atoms with Crippen LogP contribution >= 0.6 is 23.1 Å². The summed E-state index contributed by atoms with van der Waals surface area (Å²) in [6.07, 6.45) is -4.51. The van der Waals surface area contributed by atoms with E-state index in [1.54, 1.807) is 6.92 Å². The molecule has 9 heteroatoms. The summed E-state index contributed by atoms with van der Waals surface area (Å²) in [6, 6.07) is 10.0. The van der Waals surface area contributed by atoms with E-state index in [2.05, 4.69) is 15.2 Å². The number of pyridine rings is 1. The number of nitrogens with one attached hydrogen (secondary N) is 1. The number of benzene rings is 1. The third-order valence-electron chi connectivity index (χ3n) is 5.00. The molecular formula is C21H20F3N3OS2. The number of hydrogen-bond acceptors (Lipinski definition) is 5. The molecule has 0 saturated carbocycles. The zero-order valence-electron chi connectivity index (χ0n) is 16.3. The standard InChI is InChI=1S/C21H20F3N3OS2/c1-13-16-5-6-17(21(22,23)24)26-20(16)30-18(13)19(28)25-15-4-2-3-14(11-15)12-27-7-9-29-10-8-27/h2-6,11H,7-10,12H2,1H3,(H,25,28). The van der Waals surface area contributed by atoms with Gasteiger partial charge in [-0.15, -0.1) is 11.3 Å². The molecule has 1 aromatic carbocycles. The first-order chi connectivity index (χ1) is 14.3. The summed E-state index contributed by atoms with van der Waals surface area (Å²) < 4.78 is 38.8. The second-order valence-corrected chi connectivity index (χ2v) is 9.37. The fourth-order valence-corrected chi connectivity index (χ4v) is 5.48. The zero-order valence-corrected chi connectivity index (χ0v) is 17.9. The Hall–Kier alpha value is -2.10. The Balaban J connectivity index is 1.53. The van der Waals surface area contributed by atoms with Crippen LogP contribution in [0.3, 0.4) is 0 Å². The number of nitrogens with zero attached hydrogens (tertiary/aromatic N) is 2. The molecule has 0 bridgehead atoms. The minimum atomic E-state index is -4.51. The number of carbonyl (C=O) groups is 1. The van der Waals surface area contributed by atoms with Crippen LogP contribution in [0, 0.1) is 6.92 Å². The van der Waals surface area contributed by atoms with Crippen LogP contribution < -0.4 is 5.32 Å². The van der Waals surface area contributed by atoms with Crippen LogP contribution in [0.15, 0.2) is 36.4 Å². The van der Waals surface area contributed by atoms with Gasteiger partial charge < -0.3 is 5.32 Å². The molecule has 3 heterocycles. The Kier molecular flexibility index (Phi) is 6.04. The Morgan fingerprint density at radius 3 is 2.70 bits per heavy atom. The minimum absolute atomic E-state index is 0.212. The lowest BCUT2D eigenvalue weighted by atomic mass is 10.1. The maximum absolute atomic E-state index is 12.9. The normalized spacial score (nSPS) is 15.5. The van der Waals surface area contributed by atoms with Gasteiger partial charge in [0.2, 0.25) is 0 Å². The maximum Gasteiger partial charge on any atom is 0.433 e. The van der Waals surface area contributed by atoms with Crippen LogP contribution in [0.1, 0.15) is 26.5 Å². The van der Waals surface area contributed by atoms with Crippen molar-refractivity contribution in [2.75, 3.05) is 29.9 Å². The molecule has 2 aromatic heterocycles. The van der Waals surface area contributed by atoms with E-state index in [1.165, 1.54) is 6.07 Å². The summed E-state index contributed by atoms with van der Waals surface area (Å²) in [6.45, 7) is 4.66. The molecular weight excluding hydrogens is 431 g/mol. The highest BCUT2D eigenvalue weighted by atomic mass is 32.2. The molecule has 0 spiro atoms. The van der Waals surface area contributed by atoms with Gasteiger partial charge in [-0.1, -0.05) is 12.1 Å². The Labute approximate surface area is 180 Å². The van der Waals surface area contributed by atoms with Crippen molar-refractivity contribution in [1.29, 1.82) is 0 Å². The molecule has 1 saturated heterocycles. The van der Waals surface area contributed by atoms with E-state index >= 15 is 0 Å². The molecule has 1 fully saturated rings. The monoisotopic (exact) mass is 451 g/mol. The topological polar surface area (TPSA) is 45.2 Å². The molecule has 158 valence electrons. The van der Waals surface area contributed by atoms with Crippen LogP contribution in [0.4, 0.5) is 18.9 Å². The number of thiophene rings is 1. The number of amides is 1.